The second-order valence-corrected chi connectivity index (χ2v) is 4.58. The first kappa shape index (κ1) is 13.1. The molecule has 1 unspecified atom stereocenters. The van der Waals surface area contributed by atoms with Crippen LogP contribution >= 0.6 is 0 Å². The van der Waals surface area contributed by atoms with Crippen LogP contribution in [0.5, 0.6) is 0 Å². The van der Waals surface area contributed by atoms with Crippen LogP contribution < -0.4 is 5.32 Å². The van der Waals surface area contributed by atoms with Crippen LogP contribution in [0.2, 0.25) is 0 Å². The minimum absolute atomic E-state index is 0.0689. The molecule has 1 aromatic carbocycles. The molecule has 1 N–H and O–H groups in total. The Balaban J connectivity index is 1.80. The molecule has 2 rings (SSSR count). The Bertz CT molecular complexity index is 375. The quantitative estimate of drug-likeness (QED) is 0.868. The lowest BCUT2D eigenvalue weighted by Crippen LogP contribution is -2.40. The van der Waals surface area contributed by atoms with Gasteiger partial charge in [0.1, 0.15) is 0 Å². The van der Waals surface area contributed by atoms with E-state index in [1.807, 2.05) is 37.4 Å². The summed E-state index contributed by atoms with van der Waals surface area (Å²) in [7, 11) is 1.84. The van der Waals surface area contributed by atoms with Crippen molar-refractivity contribution >= 4 is 5.91 Å². The average Bonchev–Trinajstić information content (AvgIpc) is 2.46. The number of benzene rings is 1. The minimum Gasteiger partial charge on any atom is -0.376 e. The first-order valence-electron chi connectivity index (χ1n) is 6.40. The molecule has 0 spiro atoms. The van der Waals surface area contributed by atoms with Gasteiger partial charge in [-0.05, 0) is 18.6 Å². The van der Waals surface area contributed by atoms with Crippen LogP contribution in [0.1, 0.15) is 16.8 Å². The monoisotopic (exact) mass is 248 g/mol. The molecule has 1 amide bonds. The maximum Gasteiger partial charge on any atom is 0.253 e. The standard InChI is InChI=1S/C14H20N2O2/c1-16(9-7-13-11-15-8-10-18-13)14(17)12-5-3-2-4-6-12/h2-6,13,15H,7-11H2,1H3. The van der Waals surface area contributed by atoms with Crippen molar-refractivity contribution in [2.24, 2.45) is 0 Å². The van der Waals surface area contributed by atoms with Gasteiger partial charge in [0.2, 0.25) is 0 Å². The predicted octanol–water partition coefficient (Wildman–Crippen LogP) is 1.14. The van der Waals surface area contributed by atoms with Crippen LogP contribution in [0, 0.1) is 0 Å². The molecule has 1 heterocycles. The van der Waals surface area contributed by atoms with E-state index in [2.05, 4.69) is 5.32 Å². The maximum absolute atomic E-state index is 12.1. The summed E-state index contributed by atoms with van der Waals surface area (Å²) in [6, 6.07) is 9.37. The lowest BCUT2D eigenvalue weighted by Gasteiger charge is -2.26. The fourth-order valence-electron chi connectivity index (χ4n) is 2.05. The van der Waals surface area contributed by atoms with E-state index in [-0.39, 0.29) is 12.0 Å². The third-order valence-electron chi connectivity index (χ3n) is 3.16. The Kier molecular flexibility index (Phi) is 4.73. The molecule has 4 nitrogen and oxygen atoms in total. The zero-order chi connectivity index (χ0) is 12.8. The number of carbonyl (C=O) groups is 1. The molecule has 1 aliphatic rings. The fourth-order valence-corrected chi connectivity index (χ4v) is 2.05. The van der Waals surface area contributed by atoms with Crippen molar-refractivity contribution in [2.75, 3.05) is 33.3 Å². The van der Waals surface area contributed by atoms with Crippen molar-refractivity contribution in [2.45, 2.75) is 12.5 Å². The zero-order valence-corrected chi connectivity index (χ0v) is 10.8. The Labute approximate surface area is 108 Å². The van der Waals surface area contributed by atoms with Crippen LogP contribution in [-0.2, 0) is 4.74 Å². The molecule has 0 aromatic heterocycles. The molecule has 4 heteroatoms. The van der Waals surface area contributed by atoms with Crippen LogP contribution in [0.3, 0.4) is 0 Å². The lowest BCUT2D eigenvalue weighted by molar-refractivity contribution is 0.0187. The second kappa shape index (κ2) is 6.52. The molecule has 1 atom stereocenters. The molecule has 1 aliphatic heterocycles. The summed E-state index contributed by atoms with van der Waals surface area (Å²) >= 11 is 0. The van der Waals surface area contributed by atoms with E-state index in [1.165, 1.54) is 0 Å². The summed E-state index contributed by atoms with van der Waals surface area (Å²) in [5, 5.41) is 3.29. The SMILES string of the molecule is CN(CCC1CNCCO1)C(=O)c1ccccc1. The summed E-state index contributed by atoms with van der Waals surface area (Å²) < 4.78 is 5.61. The third kappa shape index (κ3) is 3.55. The van der Waals surface area contributed by atoms with Gasteiger partial charge in [-0.25, -0.2) is 0 Å². The topological polar surface area (TPSA) is 41.6 Å². The first-order chi connectivity index (χ1) is 8.77. The van der Waals surface area contributed by atoms with Gasteiger partial charge in [0.05, 0.1) is 12.7 Å². The summed E-state index contributed by atoms with van der Waals surface area (Å²) in [6.45, 7) is 3.30. The number of hydrogen-bond donors (Lipinski definition) is 1. The molecular weight excluding hydrogens is 228 g/mol. The molecule has 1 fully saturated rings. The number of amides is 1. The lowest BCUT2D eigenvalue weighted by atomic mass is 10.2. The van der Waals surface area contributed by atoms with E-state index < -0.39 is 0 Å². The van der Waals surface area contributed by atoms with Crippen molar-refractivity contribution in [1.29, 1.82) is 0 Å². The minimum atomic E-state index is 0.0689. The fraction of sp³-hybridized carbons (Fsp3) is 0.500. The van der Waals surface area contributed by atoms with Crippen molar-refractivity contribution in [3.05, 3.63) is 35.9 Å². The normalized spacial score (nSPS) is 19.5. The first-order valence-corrected chi connectivity index (χ1v) is 6.40. The molecule has 0 saturated carbocycles. The average molecular weight is 248 g/mol. The zero-order valence-electron chi connectivity index (χ0n) is 10.8. The van der Waals surface area contributed by atoms with Gasteiger partial charge in [0.15, 0.2) is 0 Å². The highest BCUT2D eigenvalue weighted by Gasteiger charge is 2.16. The number of morpholine rings is 1. The highest BCUT2D eigenvalue weighted by atomic mass is 16.5. The van der Waals surface area contributed by atoms with Gasteiger partial charge in [-0.15, -0.1) is 0 Å². The van der Waals surface area contributed by atoms with Gasteiger partial charge < -0.3 is 15.0 Å². The van der Waals surface area contributed by atoms with Crippen molar-refractivity contribution in [3.8, 4) is 0 Å². The second-order valence-electron chi connectivity index (χ2n) is 4.58. The van der Waals surface area contributed by atoms with E-state index in [0.29, 0.717) is 0 Å². The molecular formula is C14H20N2O2. The highest BCUT2D eigenvalue weighted by molar-refractivity contribution is 5.93. The number of ether oxygens (including phenoxy) is 1. The number of nitrogens with zero attached hydrogens (tertiary/aromatic N) is 1. The van der Waals surface area contributed by atoms with E-state index in [4.69, 9.17) is 4.74 Å². The Morgan fingerprint density at radius 3 is 2.89 bits per heavy atom. The van der Waals surface area contributed by atoms with Crippen LogP contribution in [0.15, 0.2) is 30.3 Å². The van der Waals surface area contributed by atoms with Crippen molar-refractivity contribution in [3.63, 3.8) is 0 Å². The summed E-state index contributed by atoms with van der Waals surface area (Å²) in [4.78, 5) is 13.8. The Morgan fingerprint density at radius 1 is 1.44 bits per heavy atom. The molecule has 0 radical (unpaired) electrons. The predicted molar refractivity (Wildman–Crippen MR) is 70.6 cm³/mol. The van der Waals surface area contributed by atoms with Crippen molar-refractivity contribution < 1.29 is 9.53 Å². The largest absolute Gasteiger partial charge is 0.376 e. The smallest absolute Gasteiger partial charge is 0.253 e. The molecule has 18 heavy (non-hydrogen) atoms. The van der Waals surface area contributed by atoms with Crippen LogP contribution in [-0.4, -0.2) is 50.2 Å². The Morgan fingerprint density at radius 2 is 2.22 bits per heavy atom. The van der Waals surface area contributed by atoms with Gasteiger partial charge in [0, 0.05) is 32.2 Å². The van der Waals surface area contributed by atoms with Gasteiger partial charge >= 0.3 is 0 Å². The maximum atomic E-state index is 12.1. The highest BCUT2D eigenvalue weighted by Crippen LogP contribution is 2.06. The van der Waals surface area contributed by atoms with Crippen molar-refractivity contribution in [1.82, 2.24) is 10.2 Å². The van der Waals surface area contributed by atoms with E-state index in [1.54, 1.807) is 4.90 Å². The van der Waals surface area contributed by atoms with Crippen LogP contribution in [0.25, 0.3) is 0 Å². The van der Waals surface area contributed by atoms with E-state index in [9.17, 15) is 4.79 Å². The third-order valence-corrected chi connectivity index (χ3v) is 3.16. The summed E-state index contributed by atoms with van der Waals surface area (Å²) in [5.41, 5.74) is 0.739. The van der Waals surface area contributed by atoms with Gasteiger partial charge in [-0.1, -0.05) is 18.2 Å². The molecule has 0 bridgehead atoms. The summed E-state index contributed by atoms with van der Waals surface area (Å²) in [6.07, 6.45) is 1.10. The van der Waals surface area contributed by atoms with Gasteiger partial charge in [0.25, 0.3) is 5.91 Å². The van der Waals surface area contributed by atoms with Crippen LogP contribution in [0.4, 0.5) is 0 Å². The Hall–Kier alpha value is -1.39. The molecule has 0 aliphatic carbocycles. The number of hydrogen-bond acceptors (Lipinski definition) is 3. The number of nitrogens with one attached hydrogen (secondary N) is 1. The van der Waals surface area contributed by atoms with Gasteiger partial charge in [-0.3, -0.25) is 4.79 Å². The van der Waals surface area contributed by atoms with Gasteiger partial charge in [-0.2, -0.15) is 0 Å². The van der Waals surface area contributed by atoms with E-state index >= 15 is 0 Å². The molecule has 98 valence electrons. The number of rotatable bonds is 4. The number of carbonyl (C=O) groups excluding carboxylic acids is 1. The molecule has 1 aromatic rings. The summed E-state index contributed by atoms with van der Waals surface area (Å²) in [5.74, 6) is 0.0689. The van der Waals surface area contributed by atoms with E-state index in [0.717, 1.165) is 38.2 Å². The molecule has 1 saturated heterocycles.